The molecule has 0 atom stereocenters. The van der Waals surface area contributed by atoms with Crippen molar-refractivity contribution in [1.29, 1.82) is 0 Å². The van der Waals surface area contributed by atoms with Crippen LogP contribution in [-0.4, -0.2) is 50.0 Å². The van der Waals surface area contributed by atoms with E-state index in [1.54, 1.807) is 43.5 Å². The van der Waals surface area contributed by atoms with Crippen molar-refractivity contribution in [2.45, 2.75) is 6.42 Å². The predicted molar refractivity (Wildman–Crippen MR) is 131 cm³/mol. The Morgan fingerprint density at radius 2 is 1.52 bits per heavy atom. The summed E-state index contributed by atoms with van der Waals surface area (Å²) in [4.78, 5) is 29.2. The Labute approximate surface area is 198 Å². The first-order valence-electron chi connectivity index (χ1n) is 10.8. The van der Waals surface area contributed by atoms with Crippen molar-refractivity contribution < 1.29 is 14.3 Å². The number of rotatable bonds is 6. The maximum absolute atomic E-state index is 12.8. The number of nitrogens with one attached hydrogen (secondary N) is 1. The first-order chi connectivity index (χ1) is 16.0. The highest BCUT2D eigenvalue weighted by Gasteiger charge is 2.22. The second kappa shape index (κ2) is 10.4. The SMILES string of the molecule is COc1ccc(C(=O)N2CCN(c3ccc(NC(=O)Cc4ccc(Cl)cc4)cc3)CC2)cc1. The fourth-order valence-corrected chi connectivity index (χ4v) is 3.96. The van der Waals surface area contributed by atoms with Gasteiger partial charge < -0.3 is 19.9 Å². The summed E-state index contributed by atoms with van der Waals surface area (Å²) in [5.41, 5.74) is 3.41. The van der Waals surface area contributed by atoms with Crippen molar-refractivity contribution in [2.75, 3.05) is 43.5 Å². The Balaban J connectivity index is 1.28. The highest BCUT2D eigenvalue weighted by molar-refractivity contribution is 6.30. The van der Waals surface area contributed by atoms with Gasteiger partial charge >= 0.3 is 0 Å². The first-order valence-corrected chi connectivity index (χ1v) is 11.2. The van der Waals surface area contributed by atoms with E-state index in [1.165, 1.54) is 0 Å². The number of amides is 2. The van der Waals surface area contributed by atoms with Crippen LogP contribution in [0.5, 0.6) is 5.75 Å². The third kappa shape index (κ3) is 5.84. The molecule has 0 aliphatic carbocycles. The molecular formula is C26H26ClN3O3. The van der Waals surface area contributed by atoms with Gasteiger partial charge in [-0.15, -0.1) is 0 Å². The fraction of sp³-hybridized carbons (Fsp3) is 0.231. The van der Waals surface area contributed by atoms with Gasteiger partial charge in [0.1, 0.15) is 5.75 Å². The molecule has 1 heterocycles. The molecule has 1 N–H and O–H groups in total. The van der Waals surface area contributed by atoms with Crippen LogP contribution < -0.4 is 15.0 Å². The number of anilines is 2. The van der Waals surface area contributed by atoms with Crippen LogP contribution in [0.4, 0.5) is 11.4 Å². The lowest BCUT2D eigenvalue weighted by atomic mass is 10.1. The first kappa shape index (κ1) is 22.7. The number of carbonyl (C=O) groups is 2. The van der Waals surface area contributed by atoms with Crippen molar-refractivity contribution >= 4 is 34.8 Å². The molecule has 1 aliphatic heterocycles. The number of benzene rings is 3. The van der Waals surface area contributed by atoms with Gasteiger partial charge in [0.25, 0.3) is 5.91 Å². The number of piperazine rings is 1. The maximum Gasteiger partial charge on any atom is 0.253 e. The van der Waals surface area contributed by atoms with E-state index in [2.05, 4.69) is 10.2 Å². The number of carbonyl (C=O) groups excluding carboxylic acids is 2. The Hall–Kier alpha value is -3.51. The summed E-state index contributed by atoms with van der Waals surface area (Å²) < 4.78 is 5.16. The van der Waals surface area contributed by atoms with Gasteiger partial charge in [-0.1, -0.05) is 23.7 Å². The van der Waals surface area contributed by atoms with E-state index in [0.717, 1.165) is 35.8 Å². The van der Waals surface area contributed by atoms with Crippen LogP contribution in [0.2, 0.25) is 5.02 Å². The molecule has 0 bridgehead atoms. The second-order valence-corrected chi connectivity index (χ2v) is 8.34. The van der Waals surface area contributed by atoms with E-state index in [0.29, 0.717) is 30.1 Å². The summed E-state index contributed by atoms with van der Waals surface area (Å²) in [6.07, 6.45) is 0.295. The fourth-order valence-electron chi connectivity index (χ4n) is 3.83. The molecule has 1 aliphatic rings. The van der Waals surface area contributed by atoms with Crippen LogP contribution in [0.25, 0.3) is 0 Å². The van der Waals surface area contributed by atoms with E-state index in [9.17, 15) is 9.59 Å². The number of hydrogen-bond donors (Lipinski definition) is 1. The molecule has 7 heteroatoms. The highest BCUT2D eigenvalue weighted by Crippen LogP contribution is 2.21. The number of halogens is 1. The largest absolute Gasteiger partial charge is 0.497 e. The van der Waals surface area contributed by atoms with Gasteiger partial charge in [-0.25, -0.2) is 0 Å². The van der Waals surface area contributed by atoms with Crippen molar-refractivity contribution in [3.8, 4) is 5.75 Å². The molecule has 0 saturated carbocycles. The average molecular weight is 464 g/mol. The maximum atomic E-state index is 12.8. The minimum Gasteiger partial charge on any atom is -0.497 e. The van der Waals surface area contributed by atoms with Gasteiger partial charge in [0.05, 0.1) is 13.5 Å². The normalized spacial score (nSPS) is 13.5. The zero-order chi connectivity index (χ0) is 23.2. The molecule has 0 radical (unpaired) electrons. The minimum atomic E-state index is -0.0734. The van der Waals surface area contributed by atoms with Crippen LogP contribution in [0, 0.1) is 0 Å². The summed E-state index contributed by atoms with van der Waals surface area (Å²) in [5.74, 6) is 0.702. The number of nitrogens with zero attached hydrogens (tertiary/aromatic N) is 2. The zero-order valence-electron chi connectivity index (χ0n) is 18.5. The van der Waals surface area contributed by atoms with Crippen LogP contribution in [0.1, 0.15) is 15.9 Å². The van der Waals surface area contributed by atoms with Gasteiger partial charge in [-0.2, -0.15) is 0 Å². The van der Waals surface area contributed by atoms with E-state index >= 15 is 0 Å². The monoisotopic (exact) mass is 463 g/mol. The smallest absolute Gasteiger partial charge is 0.253 e. The number of methoxy groups -OCH3 is 1. The molecule has 1 saturated heterocycles. The molecule has 33 heavy (non-hydrogen) atoms. The Morgan fingerprint density at radius 1 is 0.879 bits per heavy atom. The second-order valence-electron chi connectivity index (χ2n) is 7.91. The van der Waals surface area contributed by atoms with Gasteiger partial charge in [0, 0.05) is 48.1 Å². The summed E-state index contributed by atoms with van der Waals surface area (Å²) in [5, 5.41) is 3.58. The minimum absolute atomic E-state index is 0.0380. The van der Waals surface area contributed by atoms with Gasteiger partial charge in [0.2, 0.25) is 5.91 Å². The third-order valence-electron chi connectivity index (χ3n) is 5.70. The molecular weight excluding hydrogens is 438 g/mol. The molecule has 0 aromatic heterocycles. The molecule has 2 amide bonds. The van der Waals surface area contributed by atoms with E-state index < -0.39 is 0 Å². The topological polar surface area (TPSA) is 61.9 Å². The Morgan fingerprint density at radius 3 is 2.12 bits per heavy atom. The van der Waals surface area contributed by atoms with Gasteiger partial charge in [-0.05, 0) is 66.2 Å². The average Bonchev–Trinajstić information content (AvgIpc) is 2.85. The number of hydrogen-bond acceptors (Lipinski definition) is 4. The lowest BCUT2D eigenvalue weighted by molar-refractivity contribution is -0.115. The Kier molecular flexibility index (Phi) is 7.15. The zero-order valence-corrected chi connectivity index (χ0v) is 19.2. The molecule has 4 rings (SSSR count). The van der Waals surface area contributed by atoms with Crippen LogP contribution in [0.15, 0.2) is 72.8 Å². The highest BCUT2D eigenvalue weighted by atomic mass is 35.5. The predicted octanol–water partition coefficient (Wildman–Crippen LogP) is 4.49. The molecule has 6 nitrogen and oxygen atoms in total. The standard InChI is InChI=1S/C26H26ClN3O3/c1-33-24-12-4-20(5-13-24)26(32)30-16-14-29(15-17-30)23-10-8-22(9-11-23)28-25(31)18-19-2-6-21(27)7-3-19/h2-13H,14-18H2,1H3,(H,28,31). The number of ether oxygens (including phenoxy) is 1. The lowest BCUT2D eigenvalue weighted by Gasteiger charge is -2.36. The third-order valence-corrected chi connectivity index (χ3v) is 5.95. The van der Waals surface area contributed by atoms with Crippen molar-refractivity contribution in [1.82, 2.24) is 4.90 Å². The molecule has 170 valence electrons. The van der Waals surface area contributed by atoms with E-state index in [1.807, 2.05) is 41.3 Å². The quantitative estimate of drug-likeness (QED) is 0.585. The molecule has 3 aromatic rings. The summed E-state index contributed by atoms with van der Waals surface area (Å²) in [7, 11) is 1.61. The molecule has 0 unspecified atom stereocenters. The molecule has 0 spiro atoms. The van der Waals surface area contributed by atoms with Crippen LogP contribution >= 0.6 is 11.6 Å². The molecule has 1 fully saturated rings. The summed E-state index contributed by atoms with van der Waals surface area (Å²) in [6.45, 7) is 2.82. The summed E-state index contributed by atoms with van der Waals surface area (Å²) >= 11 is 5.89. The van der Waals surface area contributed by atoms with E-state index in [-0.39, 0.29) is 11.8 Å². The van der Waals surface area contributed by atoms with Crippen molar-refractivity contribution in [2.24, 2.45) is 0 Å². The lowest BCUT2D eigenvalue weighted by Crippen LogP contribution is -2.48. The van der Waals surface area contributed by atoms with Gasteiger partial charge in [0.15, 0.2) is 0 Å². The Bertz CT molecular complexity index is 1090. The molecule has 3 aromatic carbocycles. The van der Waals surface area contributed by atoms with E-state index in [4.69, 9.17) is 16.3 Å². The van der Waals surface area contributed by atoms with Crippen LogP contribution in [0.3, 0.4) is 0 Å². The van der Waals surface area contributed by atoms with Crippen molar-refractivity contribution in [3.63, 3.8) is 0 Å². The van der Waals surface area contributed by atoms with Gasteiger partial charge in [-0.3, -0.25) is 9.59 Å². The summed E-state index contributed by atoms with van der Waals surface area (Å²) in [6, 6.07) is 22.3. The van der Waals surface area contributed by atoms with Crippen molar-refractivity contribution in [3.05, 3.63) is 88.9 Å². The van der Waals surface area contributed by atoms with Crippen LogP contribution in [-0.2, 0) is 11.2 Å².